The van der Waals surface area contributed by atoms with Crippen LogP contribution in [0.1, 0.15) is 33.3 Å². The number of benzene rings is 3. The summed E-state index contributed by atoms with van der Waals surface area (Å²) in [6.45, 7) is 10.2. The number of fused-ring (bicyclic) bond motifs is 3. The SMILES string of the molecule is CC.CC.Cc1cc2ccccc2c2ccccc12. The number of hydrogen-bond donors (Lipinski definition) is 0. The Hall–Kier alpha value is -1.82. The second kappa shape index (κ2) is 7.58. The Balaban J connectivity index is 0.000000415. The molecular formula is C19H24. The molecule has 0 heterocycles. The monoisotopic (exact) mass is 252 g/mol. The molecule has 0 aliphatic rings. The van der Waals surface area contributed by atoms with Gasteiger partial charge in [0, 0.05) is 0 Å². The minimum atomic E-state index is 1.33. The molecule has 0 heteroatoms. The van der Waals surface area contributed by atoms with Crippen LogP contribution in [0.15, 0.2) is 54.6 Å². The first-order valence-electron chi connectivity index (χ1n) is 7.23. The van der Waals surface area contributed by atoms with Crippen LogP contribution in [0.25, 0.3) is 21.5 Å². The predicted octanol–water partition coefficient (Wildman–Crippen LogP) is 6.35. The first kappa shape index (κ1) is 15.2. The van der Waals surface area contributed by atoms with Gasteiger partial charge in [-0.15, -0.1) is 0 Å². The second-order valence-electron chi connectivity index (χ2n) is 3.96. The van der Waals surface area contributed by atoms with Crippen LogP contribution in [0, 0.1) is 6.92 Å². The fraction of sp³-hybridized carbons (Fsp3) is 0.263. The van der Waals surface area contributed by atoms with Gasteiger partial charge in [-0.1, -0.05) is 82.3 Å². The number of rotatable bonds is 0. The second-order valence-corrected chi connectivity index (χ2v) is 3.96. The van der Waals surface area contributed by atoms with E-state index >= 15 is 0 Å². The Morgan fingerprint density at radius 1 is 0.579 bits per heavy atom. The summed E-state index contributed by atoms with van der Waals surface area (Å²) in [5, 5.41) is 5.39. The lowest BCUT2D eigenvalue weighted by atomic mass is 9.98. The minimum Gasteiger partial charge on any atom is -0.0683 e. The van der Waals surface area contributed by atoms with E-state index in [1.54, 1.807) is 0 Å². The van der Waals surface area contributed by atoms with E-state index in [1.807, 2.05) is 27.7 Å². The van der Waals surface area contributed by atoms with Gasteiger partial charge in [0.05, 0.1) is 0 Å². The number of hydrogen-bond acceptors (Lipinski definition) is 0. The van der Waals surface area contributed by atoms with Gasteiger partial charge in [-0.05, 0) is 34.0 Å². The average Bonchev–Trinajstić information content (AvgIpc) is 2.52. The van der Waals surface area contributed by atoms with Crippen LogP contribution < -0.4 is 0 Å². The Morgan fingerprint density at radius 2 is 1.05 bits per heavy atom. The fourth-order valence-electron chi connectivity index (χ4n) is 2.24. The molecule has 100 valence electrons. The molecule has 0 aliphatic heterocycles. The molecule has 0 atom stereocenters. The van der Waals surface area contributed by atoms with Crippen LogP contribution in [-0.4, -0.2) is 0 Å². The van der Waals surface area contributed by atoms with Crippen molar-refractivity contribution < 1.29 is 0 Å². The number of aryl methyl sites for hydroxylation is 1. The summed E-state index contributed by atoms with van der Waals surface area (Å²) >= 11 is 0. The minimum absolute atomic E-state index is 1.33. The van der Waals surface area contributed by atoms with Gasteiger partial charge in [0.15, 0.2) is 0 Å². The first-order valence-corrected chi connectivity index (χ1v) is 7.23. The van der Waals surface area contributed by atoms with Crippen molar-refractivity contribution in [3.8, 4) is 0 Å². The molecule has 3 rings (SSSR count). The highest BCUT2D eigenvalue weighted by Gasteiger charge is 2.01. The zero-order valence-electron chi connectivity index (χ0n) is 12.7. The highest BCUT2D eigenvalue weighted by atomic mass is 14.1. The van der Waals surface area contributed by atoms with Gasteiger partial charge in [0.25, 0.3) is 0 Å². The van der Waals surface area contributed by atoms with E-state index in [2.05, 4.69) is 61.5 Å². The van der Waals surface area contributed by atoms with Crippen molar-refractivity contribution in [1.29, 1.82) is 0 Å². The lowest BCUT2D eigenvalue weighted by Gasteiger charge is -2.06. The molecule has 0 saturated carbocycles. The molecule has 0 bridgehead atoms. The van der Waals surface area contributed by atoms with Gasteiger partial charge in [0.2, 0.25) is 0 Å². The third kappa shape index (κ3) is 3.14. The lowest BCUT2D eigenvalue weighted by Crippen LogP contribution is -1.81. The molecule has 0 aromatic heterocycles. The zero-order valence-corrected chi connectivity index (χ0v) is 12.7. The molecule has 0 saturated heterocycles. The highest BCUT2D eigenvalue weighted by molar-refractivity contribution is 6.08. The molecular weight excluding hydrogens is 228 g/mol. The van der Waals surface area contributed by atoms with E-state index in [0.717, 1.165) is 0 Å². The molecule has 0 spiro atoms. The largest absolute Gasteiger partial charge is 0.0683 e. The van der Waals surface area contributed by atoms with Gasteiger partial charge in [-0.2, -0.15) is 0 Å². The molecule has 19 heavy (non-hydrogen) atoms. The smallest absolute Gasteiger partial charge is 0.0103 e. The Kier molecular flexibility index (Phi) is 6.08. The Morgan fingerprint density at radius 3 is 1.68 bits per heavy atom. The van der Waals surface area contributed by atoms with Crippen LogP contribution in [0.4, 0.5) is 0 Å². The van der Waals surface area contributed by atoms with Crippen molar-refractivity contribution in [3.63, 3.8) is 0 Å². The average molecular weight is 252 g/mol. The highest BCUT2D eigenvalue weighted by Crippen LogP contribution is 2.27. The molecule has 3 aromatic carbocycles. The molecule has 0 nitrogen and oxygen atoms in total. The van der Waals surface area contributed by atoms with E-state index in [0.29, 0.717) is 0 Å². The summed E-state index contributed by atoms with van der Waals surface area (Å²) in [6, 6.07) is 19.4. The molecule has 0 unspecified atom stereocenters. The molecule has 3 aromatic rings. The van der Waals surface area contributed by atoms with Crippen LogP contribution >= 0.6 is 0 Å². The normalized spacial score (nSPS) is 9.32. The van der Waals surface area contributed by atoms with E-state index in [9.17, 15) is 0 Å². The van der Waals surface area contributed by atoms with E-state index in [4.69, 9.17) is 0 Å². The van der Waals surface area contributed by atoms with Crippen molar-refractivity contribution >= 4 is 21.5 Å². The van der Waals surface area contributed by atoms with E-state index in [-0.39, 0.29) is 0 Å². The third-order valence-corrected chi connectivity index (χ3v) is 2.97. The maximum Gasteiger partial charge on any atom is -0.0103 e. The summed E-state index contributed by atoms with van der Waals surface area (Å²) in [7, 11) is 0. The van der Waals surface area contributed by atoms with Crippen molar-refractivity contribution in [2.24, 2.45) is 0 Å². The van der Waals surface area contributed by atoms with Gasteiger partial charge < -0.3 is 0 Å². The van der Waals surface area contributed by atoms with Crippen LogP contribution in [0.5, 0.6) is 0 Å². The van der Waals surface area contributed by atoms with E-state index < -0.39 is 0 Å². The molecule has 0 N–H and O–H groups in total. The lowest BCUT2D eigenvalue weighted by molar-refractivity contribution is 1.50. The quantitative estimate of drug-likeness (QED) is 0.409. The van der Waals surface area contributed by atoms with Crippen LogP contribution in [0.3, 0.4) is 0 Å². The topological polar surface area (TPSA) is 0 Å². The van der Waals surface area contributed by atoms with Gasteiger partial charge in [-0.3, -0.25) is 0 Å². The maximum atomic E-state index is 2.26. The summed E-state index contributed by atoms with van der Waals surface area (Å²) < 4.78 is 0. The van der Waals surface area contributed by atoms with Crippen molar-refractivity contribution in [2.75, 3.05) is 0 Å². The van der Waals surface area contributed by atoms with Crippen molar-refractivity contribution in [2.45, 2.75) is 34.6 Å². The third-order valence-electron chi connectivity index (χ3n) is 2.97. The summed E-state index contributed by atoms with van der Waals surface area (Å²) in [4.78, 5) is 0. The van der Waals surface area contributed by atoms with Crippen LogP contribution in [-0.2, 0) is 0 Å². The zero-order chi connectivity index (χ0) is 14.3. The van der Waals surface area contributed by atoms with Gasteiger partial charge in [-0.25, -0.2) is 0 Å². The summed E-state index contributed by atoms with van der Waals surface area (Å²) in [5.41, 5.74) is 1.35. The molecule has 0 aliphatic carbocycles. The summed E-state index contributed by atoms with van der Waals surface area (Å²) in [5.74, 6) is 0. The van der Waals surface area contributed by atoms with Crippen molar-refractivity contribution in [1.82, 2.24) is 0 Å². The van der Waals surface area contributed by atoms with Gasteiger partial charge >= 0.3 is 0 Å². The Labute approximate surface area is 117 Å². The van der Waals surface area contributed by atoms with Crippen LogP contribution in [0.2, 0.25) is 0 Å². The van der Waals surface area contributed by atoms with Gasteiger partial charge in [0.1, 0.15) is 0 Å². The standard InChI is InChI=1S/C15H12.2C2H6/c1-11-10-12-6-2-3-8-14(12)15-9-5-4-7-13(11)15;2*1-2/h2-10H,1H3;2*1-2H3. The Bertz CT molecular complexity index is 636. The summed E-state index contributed by atoms with van der Waals surface area (Å²) in [6.07, 6.45) is 0. The fourth-order valence-corrected chi connectivity index (χ4v) is 2.24. The molecule has 0 radical (unpaired) electrons. The maximum absolute atomic E-state index is 2.26. The molecule has 0 fully saturated rings. The predicted molar refractivity (Wildman–Crippen MR) is 88.9 cm³/mol. The first-order chi connectivity index (χ1) is 9.36. The molecule has 0 amide bonds. The van der Waals surface area contributed by atoms with Crippen molar-refractivity contribution in [3.05, 3.63) is 60.2 Å². The van der Waals surface area contributed by atoms with E-state index in [1.165, 1.54) is 27.1 Å².